The van der Waals surface area contributed by atoms with Crippen LogP contribution in [-0.4, -0.2) is 34.8 Å². The molecule has 0 saturated carbocycles. The van der Waals surface area contributed by atoms with Crippen LogP contribution in [0.3, 0.4) is 0 Å². The minimum absolute atomic E-state index is 0.0290. The molecule has 1 aromatic heterocycles. The topological polar surface area (TPSA) is 62.3 Å². The van der Waals surface area contributed by atoms with E-state index in [9.17, 15) is 9.59 Å². The van der Waals surface area contributed by atoms with Gasteiger partial charge < -0.3 is 10.2 Å². The molecule has 5 nitrogen and oxygen atoms in total. The number of nitrogens with zero attached hydrogens (tertiary/aromatic N) is 2. The van der Waals surface area contributed by atoms with Crippen LogP contribution >= 0.6 is 0 Å². The highest BCUT2D eigenvalue weighted by Gasteiger charge is 2.22. The van der Waals surface area contributed by atoms with E-state index in [0.29, 0.717) is 17.2 Å². The van der Waals surface area contributed by atoms with E-state index in [2.05, 4.69) is 17.2 Å². The summed E-state index contributed by atoms with van der Waals surface area (Å²) in [6, 6.07) is 10.8. The van der Waals surface area contributed by atoms with Crippen molar-refractivity contribution >= 4 is 17.5 Å². The van der Waals surface area contributed by atoms with E-state index >= 15 is 0 Å². The molecule has 1 aliphatic heterocycles. The summed E-state index contributed by atoms with van der Waals surface area (Å²) < 4.78 is 0. The van der Waals surface area contributed by atoms with Gasteiger partial charge in [-0.3, -0.25) is 14.6 Å². The number of aromatic nitrogens is 1. The maximum atomic E-state index is 12.6. The average Bonchev–Trinajstić information content (AvgIpc) is 2.64. The minimum atomic E-state index is -0.314. The summed E-state index contributed by atoms with van der Waals surface area (Å²) >= 11 is 0. The molecule has 1 fully saturated rings. The van der Waals surface area contributed by atoms with Crippen molar-refractivity contribution in [2.45, 2.75) is 26.7 Å². The predicted octanol–water partition coefficient (Wildman–Crippen LogP) is 3.51. The van der Waals surface area contributed by atoms with Crippen LogP contribution in [0.1, 0.15) is 46.2 Å². The second kappa shape index (κ2) is 7.47. The molecule has 3 rings (SSSR count). The fourth-order valence-corrected chi connectivity index (χ4v) is 2.91. The monoisotopic (exact) mass is 337 g/mol. The lowest BCUT2D eigenvalue weighted by Gasteiger charge is -2.30. The molecule has 2 aromatic rings. The van der Waals surface area contributed by atoms with Crippen LogP contribution in [0.15, 0.2) is 42.6 Å². The third-order valence-corrected chi connectivity index (χ3v) is 4.62. The van der Waals surface area contributed by atoms with Gasteiger partial charge in [0.05, 0.1) is 0 Å². The summed E-state index contributed by atoms with van der Waals surface area (Å²) in [6.07, 6.45) is 3.57. The van der Waals surface area contributed by atoms with E-state index in [4.69, 9.17) is 0 Å². The summed E-state index contributed by atoms with van der Waals surface area (Å²) in [7, 11) is 0. The van der Waals surface area contributed by atoms with Gasteiger partial charge in [0.2, 0.25) is 0 Å². The van der Waals surface area contributed by atoms with Crippen molar-refractivity contribution in [2.24, 2.45) is 5.92 Å². The number of piperidine rings is 1. The first-order chi connectivity index (χ1) is 12.0. The molecule has 1 aromatic carbocycles. The number of aryl methyl sites for hydroxylation is 1. The highest BCUT2D eigenvalue weighted by Crippen LogP contribution is 2.18. The number of rotatable bonds is 3. The van der Waals surface area contributed by atoms with Crippen LogP contribution in [0.4, 0.5) is 5.69 Å². The number of hydrogen-bond acceptors (Lipinski definition) is 3. The summed E-state index contributed by atoms with van der Waals surface area (Å²) in [5.74, 6) is 0.321. The largest absolute Gasteiger partial charge is 0.339 e. The molecule has 0 aliphatic carbocycles. The molecular formula is C20H23N3O2. The van der Waals surface area contributed by atoms with Crippen molar-refractivity contribution in [1.82, 2.24) is 9.88 Å². The lowest BCUT2D eigenvalue weighted by molar-refractivity contribution is 0.0697. The first-order valence-electron chi connectivity index (χ1n) is 8.66. The van der Waals surface area contributed by atoms with E-state index in [1.807, 2.05) is 36.1 Å². The Hall–Kier alpha value is -2.69. The maximum Gasteiger partial charge on any atom is 0.274 e. The number of carbonyl (C=O) groups excluding carboxylic acids is 2. The molecule has 0 bridgehead atoms. The van der Waals surface area contributed by atoms with Gasteiger partial charge >= 0.3 is 0 Å². The molecule has 0 radical (unpaired) electrons. The van der Waals surface area contributed by atoms with Gasteiger partial charge in [-0.15, -0.1) is 0 Å². The SMILES string of the molecule is Cc1ccc(NC(=O)c2cc(C(=O)N3CCC(C)CC3)ccn2)cc1. The molecule has 1 N–H and O–H groups in total. The number of hydrogen-bond donors (Lipinski definition) is 1. The molecule has 2 amide bonds. The van der Waals surface area contributed by atoms with Gasteiger partial charge in [-0.25, -0.2) is 0 Å². The zero-order valence-electron chi connectivity index (χ0n) is 14.7. The second-order valence-corrected chi connectivity index (χ2v) is 6.72. The molecule has 5 heteroatoms. The smallest absolute Gasteiger partial charge is 0.274 e. The molecule has 0 unspecified atom stereocenters. The number of amides is 2. The minimum Gasteiger partial charge on any atom is -0.339 e. The summed E-state index contributed by atoms with van der Waals surface area (Å²) in [5.41, 5.74) is 2.59. The van der Waals surface area contributed by atoms with Gasteiger partial charge in [0, 0.05) is 30.5 Å². The van der Waals surface area contributed by atoms with Crippen molar-refractivity contribution in [1.29, 1.82) is 0 Å². The number of anilines is 1. The summed E-state index contributed by atoms with van der Waals surface area (Å²) in [5, 5.41) is 2.81. The molecular weight excluding hydrogens is 314 g/mol. The third-order valence-electron chi connectivity index (χ3n) is 4.62. The van der Waals surface area contributed by atoms with Gasteiger partial charge in [-0.2, -0.15) is 0 Å². The van der Waals surface area contributed by atoms with Crippen molar-refractivity contribution in [2.75, 3.05) is 18.4 Å². The van der Waals surface area contributed by atoms with Gasteiger partial charge in [-0.05, 0) is 49.9 Å². The van der Waals surface area contributed by atoms with E-state index in [1.54, 1.807) is 12.1 Å². The van der Waals surface area contributed by atoms with Crippen LogP contribution in [0.2, 0.25) is 0 Å². The Kier molecular flexibility index (Phi) is 5.12. The van der Waals surface area contributed by atoms with Gasteiger partial charge in [0.15, 0.2) is 0 Å². The van der Waals surface area contributed by atoms with Crippen LogP contribution in [-0.2, 0) is 0 Å². The highest BCUT2D eigenvalue weighted by atomic mass is 16.2. The number of pyridine rings is 1. The predicted molar refractivity (Wildman–Crippen MR) is 97.7 cm³/mol. The zero-order chi connectivity index (χ0) is 17.8. The Morgan fingerprint density at radius 1 is 1.12 bits per heavy atom. The van der Waals surface area contributed by atoms with E-state index in [0.717, 1.165) is 31.5 Å². The van der Waals surface area contributed by atoms with Crippen LogP contribution in [0.25, 0.3) is 0 Å². The standard InChI is InChI=1S/C20H23N3O2/c1-14-3-5-17(6-4-14)22-19(24)18-13-16(7-10-21-18)20(25)23-11-8-15(2)9-12-23/h3-7,10,13,15H,8-9,11-12H2,1-2H3,(H,22,24). The lowest BCUT2D eigenvalue weighted by Crippen LogP contribution is -2.38. The fourth-order valence-electron chi connectivity index (χ4n) is 2.91. The lowest BCUT2D eigenvalue weighted by atomic mass is 9.98. The van der Waals surface area contributed by atoms with Gasteiger partial charge in [-0.1, -0.05) is 24.6 Å². The van der Waals surface area contributed by atoms with E-state index in [1.165, 1.54) is 6.20 Å². The van der Waals surface area contributed by atoms with Crippen molar-refractivity contribution < 1.29 is 9.59 Å². The van der Waals surface area contributed by atoms with Crippen molar-refractivity contribution in [3.05, 3.63) is 59.4 Å². The Labute approximate surface area is 148 Å². The molecule has 1 saturated heterocycles. The number of likely N-dealkylation sites (tertiary alicyclic amines) is 1. The number of carbonyl (C=O) groups is 2. The molecule has 130 valence electrons. The quantitative estimate of drug-likeness (QED) is 0.932. The fraction of sp³-hybridized carbons (Fsp3) is 0.350. The molecule has 0 spiro atoms. The summed E-state index contributed by atoms with van der Waals surface area (Å²) in [4.78, 5) is 31.0. The first-order valence-corrected chi connectivity index (χ1v) is 8.66. The van der Waals surface area contributed by atoms with E-state index in [-0.39, 0.29) is 17.5 Å². The van der Waals surface area contributed by atoms with Crippen LogP contribution < -0.4 is 5.32 Å². The molecule has 0 atom stereocenters. The number of nitrogens with one attached hydrogen (secondary N) is 1. The van der Waals surface area contributed by atoms with E-state index < -0.39 is 0 Å². The maximum absolute atomic E-state index is 12.6. The summed E-state index contributed by atoms with van der Waals surface area (Å²) in [6.45, 7) is 5.74. The highest BCUT2D eigenvalue weighted by molar-refractivity contribution is 6.04. The molecule has 2 heterocycles. The Morgan fingerprint density at radius 3 is 2.48 bits per heavy atom. The van der Waals surface area contributed by atoms with Crippen LogP contribution in [0, 0.1) is 12.8 Å². The first kappa shape index (κ1) is 17.1. The zero-order valence-corrected chi connectivity index (χ0v) is 14.7. The van der Waals surface area contributed by atoms with Crippen molar-refractivity contribution in [3.63, 3.8) is 0 Å². The van der Waals surface area contributed by atoms with Gasteiger partial charge in [0.25, 0.3) is 11.8 Å². The Balaban J connectivity index is 1.71. The van der Waals surface area contributed by atoms with Crippen LogP contribution in [0.5, 0.6) is 0 Å². The van der Waals surface area contributed by atoms with Crippen molar-refractivity contribution in [3.8, 4) is 0 Å². The second-order valence-electron chi connectivity index (χ2n) is 6.72. The normalized spacial score (nSPS) is 15.0. The van der Waals surface area contributed by atoms with Gasteiger partial charge in [0.1, 0.15) is 5.69 Å². The Morgan fingerprint density at radius 2 is 1.80 bits per heavy atom. The molecule has 25 heavy (non-hydrogen) atoms. The Bertz CT molecular complexity index is 763. The average molecular weight is 337 g/mol. The molecule has 1 aliphatic rings. The third kappa shape index (κ3) is 4.24. The number of benzene rings is 1.